The van der Waals surface area contributed by atoms with E-state index >= 15 is 0 Å². The molecule has 0 spiro atoms. The first-order valence-electron chi connectivity index (χ1n) is 5.39. The average Bonchev–Trinajstić information content (AvgIpc) is 3.18. The van der Waals surface area contributed by atoms with Crippen LogP contribution in [0.1, 0.15) is 24.5 Å². The van der Waals surface area contributed by atoms with E-state index < -0.39 is 0 Å². The van der Waals surface area contributed by atoms with Gasteiger partial charge in [-0.3, -0.25) is 4.98 Å². The predicted molar refractivity (Wildman–Crippen MR) is 69.9 cm³/mol. The minimum atomic E-state index is 0.480. The van der Waals surface area contributed by atoms with Crippen molar-refractivity contribution in [1.29, 1.82) is 0 Å². The monoisotopic (exact) mass is 309 g/mol. The van der Waals surface area contributed by atoms with Crippen LogP contribution in [0, 0.1) is 0 Å². The zero-order valence-corrected chi connectivity index (χ0v) is 11.2. The van der Waals surface area contributed by atoms with Gasteiger partial charge in [0.2, 0.25) is 0 Å². The molecular weight excluding hydrogens is 302 g/mol. The zero-order valence-electron chi connectivity index (χ0n) is 8.90. The van der Waals surface area contributed by atoms with Crippen LogP contribution in [-0.4, -0.2) is 15.0 Å². The second-order valence-corrected chi connectivity index (χ2v) is 5.20. The predicted octanol–water partition coefficient (Wildman–Crippen LogP) is 3.83. The van der Waals surface area contributed by atoms with Crippen molar-refractivity contribution in [3.63, 3.8) is 0 Å². The first-order chi connectivity index (χ1) is 8.25. The molecule has 2 aromatic heterocycles. The van der Waals surface area contributed by atoms with Crippen molar-refractivity contribution in [2.45, 2.75) is 18.8 Å². The van der Waals surface area contributed by atoms with Gasteiger partial charge in [-0.25, -0.2) is 9.97 Å². The van der Waals surface area contributed by atoms with E-state index in [1.165, 1.54) is 12.8 Å². The van der Waals surface area contributed by atoms with Crippen molar-refractivity contribution < 1.29 is 0 Å². The molecule has 0 amide bonds. The van der Waals surface area contributed by atoms with Gasteiger partial charge in [-0.05, 0) is 40.9 Å². The van der Waals surface area contributed by atoms with Gasteiger partial charge < -0.3 is 0 Å². The van der Waals surface area contributed by atoms with E-state index in [9.17, 15) is 0 Å². The van der Waals surface area contributed by atoms with Crippen LogP contribution in [0.5, 0.6) is 0 Å². The maximum Gasteiger partial charge on any atom is 0.161 e. The first-order valence-corrected chi connectivity index (χ1v) is 6.56. The van der Waals surface area contributed by atoms with Crippen LogP contribution < -0.4 is 0 Å². The van der Waals surface area contributed by atoms with Crippen molar-refractivity contribution in [3.05, 3.63) is 39.8 Å². The van der Waals surface area contributed by atoms with E-state index in [0.29, 0.717) is 16.9 Å². The van der Waals surface area contributed by atoms with Crippen LogP contribution in [0.4, 0.5) is 0 Å². The standard InChI is InChI=1S/C12H9BrClN3/c13-9-10(7-1-2-7)16-12(17-11(9)14)8-3-5-15-6-4-8/h3-7H,1-2H2. The molecule has 3 nitrogen and oxygen atoms in total. The van der Waals surface area contributed by atoms with E-state index in [1.54, 1.807) is 12.4 Å². The summed E-state index contributed by atoms with van der Waals surface area (Å²) in [6.45, 7) is 0. The topological polar surface area (TPSA) is 38.7 Å². The fourth-order valence-electron chi connectivity index (χ4n) is 1.69. The van der Waals surface area contributed by atoms with Crippen LogP contribution in [-0.2, 0) is 0 Å². The summed E-state index contributed by atoms with van der Waals surface area (Å²) in [7, 11) is 0. The lowest BCUT2D eigenvalue weighted by Gasteiger charge is -2.07. The Labute approximate surface area is 112 Å². The van der Waals surface area contributed by atoms with Gasteiger partial charge in [0.1, 0.15) is 5.15 Å². The molecule has 3 rings (SSSR count). The Bertz CT molecular complexity index is 555. The molecule has 0 aromatic carbocycles. The Kier molecular flexibility index (Phi) is 2.84. The van der Waals surface area contributed by atoms with Gasteiger partial charge in [0, 0.05) is 23.9 Å². The Hall–Kier alpha value is -1.00. The highest BCUT2D eigenvalue weighted by Gasteiger charge is 2.29. The SMILES string of the molecule is Clc1nc(-c2ccncc2)nc(C2CC2)c1Br. The third-order valence-corrected chi connectivity index (χ3v) is 4.02. The van der Waals surface area contributed by atoms with Crippen LogP contribution in [0.2, 0.25) is 5.15 Å². The molecule has 17 heavy (non-hydrogen) atoms. The van der Waals surface area contributed by atoms with E-state index in [4.69, 9.17) is 11.6 Å². The van der Waals surface area contributed by atoms with Crippen LogP contribution in [0.25, 0.3) is 11.4 Å². The summed E-state index contributed by atoms with van der Waals surface area (Å²) >= 11 is 9.59. The van der Waals surface area contributed by atoms with Crippen LogP contribution >= 0.6 is 27.5 Å². The number of nitrogens with zero attached hydrogens (tertiary/aromatic N) is 3. The van der Waals surface area contributed by atoms with Gasteiger partial charge in [-0.1, -0.05) is 11.6 Å². The van der Waals surface area contributed by atoms with E-state index in [-0.39, 0.29) is 0 Å². The van der Waals surface area contributed by atoms with Crippen molar-refractivity contribution in [3.8, 4) is 11.4 Å². The minimum Gasteiger partial charge on any atom is -0.265 e. The van der Waals surface area contributed by atoms with Gasteiger partial charge >= 0.3 is 0 Å². The fourth-order valence-corrected chi connectivity index (χ4v) is 2.37. The molecule has 1 fully saturated rings. The molecule has 0 bridgehead atoms. The lowest BCUT2D eigenvalue weighted by molar-refractivity contribution is 0.979. The number of pyridine rings is 1. The zero-order chi connectivity index (χ0) is 11.8. The number of hydrogen-bond donors (Lipinski definition) is 0. The van der Waals surface area contributed by atoms with Crippen LogP contribution in [0.3, 0.4) is 0 Å². The number of rotatable bonds is 2. The average molecular weight is 311 g/mol. The first kappa shape index (κ1) is 11.1. The normalized spacial score (nSPS) is 14.9. The maximum absolute atomic E-state index is 6.13. The molecule has 0 aliphatic heterocycles. The van der Waals surface area contributed by atoms with Gasteiger partial charge in [-0.15, -0.1) is 0 Å². The molecule has 1 aliphatic rings. The summed E-state index contributed by atoms with van der Waals surface area (Å²) in [4.78, 5) is 12.9. The second-order valence-electron chi connectivity index (χ2n) is 4.05. The highest BCUT2D eigenvalue weighted by atomic mass is 79.9. The van der Waals surface area contributed by atoms with E-state index in [0.717, 1.165) is 15.7 Å². The van der Waals surface area contributed by atoms with E-state index in [1.807, 2.05) is 12.1 Å². The molecule has 2 heterocycles. The van der Waals surface area contributed by atoms with Gasteiger partial charge in [-0.2, -0.15) is 0 Å². The third kappa shape index (κ3) is 2.19. The lowest BCUT2D eigenvalue weighted by Crippen LogP contribution is -1.97. The fraction of sp³-hybridized carbons (Fsp3) is 0.250. The summed E-state index contributed by atoms with van der Waals surface area (Å²) in [5, 5.41) is 0.480. The maximum atomic E-state index is 6.13. The molecular formula is C12H9BrClN3. The van der Waals surface area contributed by atoms with Gasteiger partial charge in [0.15, 0.2) is 5.82 Å². The van der Waals surface area contributed by atoms with Crippen molar-refractivity contribution >= 4 is 27.5 Å². The molecule has 2 aromatic rings. The molecule has 1 saturated carbocycles. The molecule has 0 radical (unpaired) electrons. The summed E-state index contributed by atoms with van der Waals surface area (Å²) in [6, 6.07) is 3.77. The number of aromatic nitrogens is 3. The Morgan fingerprint density at radius 3 is 2.53 bits per heavy atom. The largest absolute Gasteiger partial charge is 0.265 e. The molecule has 1 aliphatic carbocycles. The summed E-state index contributed by atoms with van der Waals surface area (Å²) < 4.78 is 0.833. The molecule has 0 N–H and O–H groups in total. The molecule has 0 saturated heterocycles. The van der Waals surface area contributed by atoms with E-state index in [2.05, 4.69) is 30.9 Å². The summed E-state index contributed by atoms with van der Waals surface area (Å²) in [5.74, 6) is 1.20. The minimum absolute atomic E-state index is 0.480. The highest BCUT2D eigenvalue weighted by Crippen LogP contribution is 2.44. The highest BCUT2D eigenvalue weighted by molar-refractivity contribution is 9.10. The van der Waals surface area contributed by atoms with Gasteiger partial charge in [0.05, 0.1) is 10.2 Å². The summed E-state index contributed by atoms with van der Waals surface area (Å²) in [6.07, 6.45) is 5.82. The van der Waals surface area contributed by atoms with Gasteiger partial charge in [0.25, 0.3) is 0 Å². The van der Waals surface area contributed by atoms with Crippen molar-refractivity contribution in [2.24, 2.45) is 0 Å². The quantitative estimate of drug-likeness (QED) is 0.791. The van der Waals surface area contributed by atoms with Crippen molar-refractivity contribution in [2.75, 3.05) is 0 Å². The molecule has 5 heteroatoms. The lowest BCUT2D eigenvalue weighted by atomic mass is 10.2. The van der Waals surface area contributed by atoms with Crippen LogP contribution in [0.15, 0.2) is 29.0 Å². The smallest absolute Gasteiger partial charge is 0.161 e. The summed E-state index contributed by atoms with van der Waals surface area (Å²) in [5.41, 5.74) is 1.97. The molecule has 0 unspecified atom stereocenters. The number of hydrogen-bond acceptors (Lipinski definition) is 3. The van der Waals surface area contributed by atoms with Crippen molar-refractivity contribution in [1.82, 2.24) is 15.0 Å². The number of halogens is 2. The molecule has 86 valence electrons. The third-order valence-electron chi connectivity index (χ3n) is 2.74. The second kappa shape index (κ2) is 4.35. The Morgan fingerprint density at radius 2 is 1.88 bits per heavy atom. The molecule has 0 atom stereocenters. The Balaban J connectivity index is 2.12. The Morgan fingerprint density at radius 1 is 1.18 bits per heavy atom.